The minimum absolute atomic E-state index is 0.0567. The maximum Gasteiger partial charge on any atom is 0.251 e. The first kappa shape index (κ1) is 19.0. The fourth-order valence-electron chi connectivity index (χ4n) is 2.83. The van der Waals surface area contributed by atoms with E-state index >= 15 is 0 Å². The van der Waals surface area contributed by atoms with Crippen LogP contribution in [0, 0.1) is 6.92 Å². The molecule has 0 saturated heterocycles. The number of carbonyl (C=O) groups excluding carboxylic acids is 1. The molecule has 0 bridgehead atoms. The first-order valence-corrected chi connectivity index (χ1v) is 9.33. The van der Waals surface area contributed by atoms with Gasteiger partial charge in [0.05, 0.1) is 5.69 Å². The van der Waals surface area contributed by atoms with Gasteiger partial charge in [0, 0.05) is 42.0 Å². The van der Waals surface area contributed by atoms with Gasteiger partial charge in [0.1, 0.15) is 5.76 Å². The Bertz CT molecular complexity index is 885. The second kappa shape index (κ2) is 7.82. The molecule has 5 heteroatoms. The SMILES string of the molecule is Cc1nc(C(C)(C)C)oc1CCCNC(=O)c1ccc(-n2cccc2)cc1. The van der Waals surface area contributed by atoms with Crippen molar-refractivity contribution in [2.24, 2.45) is 0 Å². The molecule has 0 spiro atoms. The van der Waals surface area contributed by atoms with Crippen LogP contribution in [0.2, 0.25) is 0 Å². The first-order chi connectivity index (χ1) is 12.8. The Morgan fingerprint density at radius 2 is 1.81 bits per heavy atom. The van der Waals surface area contributed by atoms with E-state index in [4.69, 9.17) is 4.42 Å². The summed E-state index contributed by atoms with van der Waals surface area (Å²) < 4.78 is 7.90. The van der Waals surface area contributed by atoms with Gasteiger partial charge in [-0.1, -0.05) is 20.8 Å². The van der Waals surface area contributed by atoms with Crippen molar-refractivity contribution >= 4 is 5.91 Å². The molecular formula is C22H27N3O2. The van der Waals surface area contributed by atoms with E-state index in [1.54, 1.807) is 0 Å². The van der Waals surface area contributed by atoms with Gasteiger partial charge >= 0.3 is 0 Å². The topological polar surface area (TPSA) is 60.1 Å². The van der Waals surface area contributed by atoms with E-state index < -0.39 is 0 Å². The smallest absolute Gasteiger partial charge is 0.251 e. The zero-order valence-electron chi connectivity index (χ0n) is 16.5. The van der Waals surface area contributed by atoms with Crippen LogP contribution in [0.4, 0.5) is 0 Å². The van der Waals surface area contributed by atoms with Crippen LogP contribution in [0.5, 0.6) is 0 Å². The predicted octanol–water partition coefficient (Wildman–Crippen LogP) is 4.43. The quantitative estimate of drug-likeness (QED) is 0.657. The van der Waals surface area contributed by atoms with Gasteiger partial charge in [-0.25, -0.2) is 4.98 Å². The summed E-state index contributed by atoms with van der Waals surface area (Å²) in [7, 11) is 0. The number of hydrogen-bond acceptors (Lipinski definition) is 3. The summed E-state index contributed by atoms with van der Waals surface area (Å²) in [6, 6.07) is 11.5. The minimum Gasteiger partial charge on any atom is -0.445 e. The fourth-order valence-corrected chi connectivity index (χ4v) is 2.83. The van der Waals surface area contributed by atoms with E-state index in [9.17, 15) is 4.79 Å². The molecule has 142 valence electrons. The van der Waals surface area contributed by atoms with Crippen LogP contribution in [-0.4, -0.2) is 22.0 Å². The monoisotopic (exact) mass is 365 g/mol. The van der Waals surface area contributed by atoms with E-state index in [0.29, 0.717) is 12.1 Å². The molecule has 1 amide bonds. The van der Waals surface area contributed by atoms with Crippen LogP contribution in [0.3, 0.4) is 0 Å². The summed E-state index contributed by atoms with van der Waals surface area (Å²) in [6.07, 6.45) is 5.53. The number of benzene rings is 1. The van der Waals surface area contributed by atoms with Gasteiger partial charge in [0.2, 0.25) is 0 Å². The zero-order valence-corrected chi connectivity index (χ0v) is 16.5. The molecule has 0 fully saturated rings. The number of hydrogen-bond donors (Lipinski definition) is 1. The highest BCUT2D eigenvalue weighted by Crippen LogP contribution is 2.24. The molecule has 3 rings (SSSR count). The van der Waals surface area contributed by atoms with E-state index in [1.807, 2.05) is 60.3 Å². The molecule has 27 heavy (non-hydrogen) atoms. The van der Waals surface area contributed by atoms with Gasteiger partial charge in [-0.3, -0.25) is 4.79 Å². The number of rotatable bonds is 6. The van der Waals surface area contributed by atoms with Gasteiger partial charge in [0.25, 0.3) is 5.91 Å². The van der Waals surface area contributed by atoms with E-state index in [1.165, 1.54) is 0 Å². The molecule has 0 aliphatic carbocycles. The number of amides is 1. The number of aromatic nitrogens is 2. The van der Waals surface area contributed by atoms with Gasteiger partial charge in [-0.15, -0.1) is 0 Å². The molecule has 3 aromatic rings. The fraction of sp³-hybridized carbons (Fsp3) is 0.364. The van der Waals surface area contributed by atoms with Crippen molar-refractivity contribution < 1.29 is 9.21 Å². The van der Waals surface area contributed by atoms with Crippen LogP contribution >= 0.6 is 0 Å². The van der Waals surface area contributed by atoms with Crippen LogP contribution < -0.4 is 5.32 Å². The van der Waals surface area contributed by atoms with Crippen molar-refractivity contribution in [2.75, 3.05) is 6.54 Å². The standard InChI is InChI=1S/C22H27N3O2/c1-16-19(27-21(24-16)22(2,3)4)8-7-13-23-20(26)17-9-11-18(12-10-17)25-14-5-6-15-25/h5-6,9-12,14-15H,7-8,13H2,1-4H3,(H,23,26). The normalized spacial score (nSPS) is 11.6. The van der Waals surface area contributed by atoms with Crippen LogP contribution in [0.15, 0.2) is 53.2 Å². The Kier molecular flexibility index (Phi) is 5.49. The van der Waals surface area contributed by atoms with Crippen LogP contribution in [0.1, 0.15) is 54.9 Å². The van der Waals surface area contributed by atoms with Gasteiger partial charge < -0.3 is 14.3 Å². The third kappa shape index (κ3) is 4.67. The highest BCUT2D eigenvalue weighted by molar-refractivity contribution is 5.94. The molecule has 0 atom stereocenters. The average molecular weight is 365 g/mol. The largest absolute Gasteiger partial charge is 0.445 e. The number of nitrogens with one attached hydrogen (secondary N) is 1. The predicted molar refractivity (Wildman–Crippen MR) is 106 cm³/mol. The Morgan fingerprint density at radius 1 is 1.15 bits per heavy atom. The highest BCUT2D eigenvalue weighted by atomic mass is 16.4. The maximum absolute atomic E-state index is 12.3. The van der Waals surface area contributed by atoms with Crippen LogP contribution in [0.25, 0.3) is 5.69 Å². The average Bonchev–Trinajstić information content (AvgIpc) is 3.28. The molecule has 0 saturated carbocycles. The second-order valence-electron chi connectivity index (χ2n) is 7.77. The molecule has 0 radical (unpaired) electrons. The highest BCUT2D eigenvalue weighted by Gasteiger charge is 2.22. The third-order valence-corrected chi connectivity index (χ3v) is 4.43. The lowest BCUT2D eigenvalue weighted by atomic mass is 9.97. The lowest BCUT2D eigenvalue weighted by Crippen LogP contribution is -2.24. The van der Waals surface area contributed by atoms with Crippen molar-refractivity contribution in [1.82, 2.24) is 14.9 Å². The summed E-state index contributed by atoms with van der Waals surface area (Å²) >= 11 is 0. The molecular weight excluding hydrogens is 338 g/mol. The van der Waals surface area contributed by atoms with Crippen molar-refractivity contribution in [2.45, 2.75) is 46.0 Å². The summed E-state index contributed by atoms with van der Waals surface area (Å²) in [6.45, 7) is 8.83. The van der Waals surface area contributed by atoms with Crippen molar-refractivity contribution in [1.29, 1.82) is 0 Å². The Hall–Kier alpha value is -2.82. The molecule has 0 aliphatic heterocycles. The van der Waals surface area contributed by atoms with E-state index in [2.05, 4.69) is 31.1 Å². The molecule has 1 aromatic carbocycles. The lowest BCUT2D eigenvalue weighted by molar-refractivity contribution is 0.0953. The number of carbonyl (C=O) groups is 1. The molecule has 5 nitrogen and oxygen atoms in total. The summed E-state index contributed by atoms with van der Waals surface area (Å²) in [5, 5.41) is 2.97. The minimum atomic E-state index is -0.0932. The summed E-state index contributed by atoms with van der Waals surface area (Å²) in [5.74, 6) is 1.62. The number of nitrogens with zero attached hydrogens (tertiary/aromatic N) is 2. The Labute approximate surface area is 160 Å². The number of oxazole rings is 1. The molecule has 2 heterocycles. The van der Waals surface area contributed by atoms with Crippen molar-refractivity contribution in [3.8, 4) is 5.69 Å². The van der Waals surface area contributed by atoms with Gasteiger partial charge in [0.15, 0.2) is 5.89 Å². The van der Waals surface area contributed by atoms with Crippen LogP contribution in [-0.2, 0) is 11.8 Å². The second-order valence-corrected chi connectivity index (χ2v) is 7.77. The molecule has 0 unspecified atom stereocenters. The maximum atomic E-state index is 12.3. The molecule has 0 aliphatic rings. The Balaban J connectivity index is 1.49. The van der Waals surface area contributed by atoms with Crippen molar-refractivity contribution in [3.05, 3.63) is 71.7 Å². The molecule has 2 aromatic heterocycles. The number of aryl methyl sites for hydroxylation is 2. The first-order valence-electron chi connectivity index (χ1n) is 9.33. The Morgan fingerprint density at radius 3 is 2.41 bits per heavy atom. The summed E-state index contributed by atoms with van der Waals surface area (Å²) in [4.78, 5) is 16.8. The van der Waals surface area contributed by atoms with E-state index in [-0.39, 0.29) is 11.3 Å². The van der Waals surface area contributed by atoms with Crippen molar-refractivity contribution in [3.63, 3.8) is 0 Å². The lowest BCUT2D eigenvalue weighted by Gasteiger charge is -2.12. The van der Waals surface area contributed by atoms with E-state index in [0.717, 1.165) is 35.9 Å². The third-order valence-electron chi connectivity index (χ3n) is 4.43. The summed E-state index contributed by atoms with van der Waals surface area (Å²) in [5.41, 5.74) is 2.54. The zero-order chi connectivity index (χ0) is 19.4. The van der Waals surface area contributed by atoms with Gasteiger partial charge in [-0.05, 0) is 49.7 Å². The van der Waals surface area contributed by atoms with Gasteiger partial charge in [-0.2, -0.15) is 0 Å². The molecule has 1 N–H and O–H groups in total.